The van der Waals surface area contributed by atoms with Crippen molar-refractivity contribution in [1.82, 2.24) is 9.97 Å². The topological polar surface area (TPSA) is 95.8 Å². The number of pyridine rings is 1. The smallest absolute Gasteiger partial charge is 0.379 e. The summed E-state index contributed by atoms with van der Waals surface area (Å²) in [7, 11) is 1.05. The van der Waals surface area contributed by atoms with Crippen molar-refractivity contribution in [3.63, 3.8) is 0 Å². The zero-order chi connectivity index (χ0) is 13.3. The number of aromatic amines is 1. The lowest BCUT2D eigenvalue weighted by atomic mass is 10.1. The Bertz CT molecular complexity index is 699. The van der Waals surface area contributed by atoms with Gasteiger partial charge in [0.25, 0.3) is 5.78 Å². The first kappa shape index (κ1) is 11.7. The maximum absolute atomic E-state index is 13.6. The molecule has 0 saturated carbocycles. The maximum Gasteiger partial charge on any atom is 0.379 e. The van der Waals surface area contributed by atoms with E-state index in [-0.39, 0.29) is 22.2 Å². The molecule has 0 spiro atoms. The van der Waals surface area contributed by atoms with Gasteiger partial charge in [-0.15, -0.1) is 0 Å². The lowest BCUT2D eigenvalue weighted by Gasteiger charge is -1.98. The van der Waals surface area contributed by atoms with Gasteiger partial charge in [0.15, 0.2) is 11.5 Å². The fraction of sp³-hybridized carbons (Fsp3) is 0.0909. The highest BCUT2D eigenvalue weighted by Gasteiger charge is 2.23. The number of halogens is 1. The van der Waals surface area contributed by atoms with E-state index in [1.807, 2.05) is 0 Å². The quantitative estimate of drug-likeness (QED) is 0.483. The number of nitrogens with one attached hydrogen (secondary N) is 1. The number of fused-ring (bicyclic) bond motifs is 1. The van der Waals surface area contributed by atoms with E-state index in [2.05, 4.69) is 14.7 Å². The number of aromatic nitrogens is 2. The van der Waals surface area contributed by atoms with E-state index >= 15 is 0 Å². The van der Waals surface area contributed by atoms with Gasteiger partial charge in [-0.3, -0.25) is 4.79 Å². The predicted molar refractivity (Wildman–Crippen MR) is 57.1 cm³/mol. The van der Waals surface area contributed by atoms with Crippen LogP contribution in [0.3, 0.4) is 0 Å². The second kappa shape index (κ2) is 4.25. The monoisotopic (exact) mass is 247 g/mol. The highest BCUT2D eigenvalue weighted by atomic mass is 19.1. The summed E-state index contributed by atoms with van der Waals surface area (Å²) in [5.74, 6) is -2.89. The van der Waals surface area contributed by atoms with E-state index in [0.29, 0.717) is 0 Å². The molecule has 6 nitrogen and oxygen atoms in total. The molecule has 0 aliphatic rings. The Morgan fingerprint density at radius 3 is 2.89 bits per heavy atom. The molecule has 0 aromatic carbocycles. The molecule has 0 aliphatic heterocycles. The molecule has 2 aromatic heterocycles. The number of ether oxygens (including phenoxy) is 1. The van der Waals surface area contributed by atoms with Crippen molar-refractivity contribution < 1.29 is 18.7 Å². The Labute approximate surface area is 100.0 Å². The number of hydrogen-bond donors (Lipinski definition) is 1. The van der Waals surface area contributed by atoms with Crippen LogP contribution in [-0.2, 0) is 9.53 Å². The van der Waals surface area contributed by atoms with Crippen molar-refractivity contribution >= 4 is 22.7 Å². The molecule has 0 amide bonds. The zero-order valence-electron chi connectivity index (χ0n) is 9.15. The van der Waals surface area contributed by atoms with Crippen molar-refractivity contribution in [2.45, 2.75) is 0 Å². The SMILES string of the molecule is COC(=O)C(=O)c1c[nH]c2c(C#N)ncc(F)c12. The van der Waals surface area contributed by atoms with E-state index in [1.54, 1.807) is 6.07 Å². The number of esters is 1. The number of ketones is 1. The molecule has 0 radical (unpaired) electrons. The summed E-state index contributed by atoms with van der Waals surface area (Å²) in [6.45, 7) is 0. The largest absolute Gasteiger partial charge is 0.463 e. The lowest BCUT2D eigenvalue weighted by Crippen LogP contribution is -2.15. The maximum atomic E-state index is 13.6. The van der Waals surface area contributed by atoms with Gasteiger partial charge in [-0.25, -0.2) is 14.2 Å². The Hall–Kier alpha value is -2.75. The van der Waals surface area contributed by atoms with Crippen LogP contribution in [0.15, 0.2) is 12.4 Å². The second-order valence-corrected chi connectivity index (χ2v) is 3.34. The molecule has 0 unspecified atom stereocenters. The number of hydrogen-bond acceptors (Lipinski definition) is 5. The first-order valence-electron chi connectivity index (χ1n) is 4.78. The molecule has 2 aromatic rings. The number of carbonyl (C=O) groups excluding carboxylic acids is 2. The molecule has 0 fully saturated rings. The van der Waals surface area contributed by atoms with Crippen LogP contribution < -0.4 is 0 Å². The molecule has 2 heterocycles. The number of carbonyl (C=O) groups is 2. The third-order valence-electron chi connectivity index (χ3n) is 2.38. The lowest BCUT2D eigenvalue weighted by molar-refractivity contribution is -0.135. The Kier molecular flexibility index (Phi) is 2.77. The zero-order valence-corrected chi connectivity index (χ0v) is 9.15. The fourth-order valence-electron chi connectivity index (χ4n) is 1.57. The molecular formula is C11H6FN3O3. The van der Waals surface area contributed by atoms with Gasteiger partial charge >= 0.3 is 5.97 Å². The number of nitrogens with zero attached hydrogens (tertiary/aromatic N) is 2. The minimum Gasteiger partial charge on any atom is -0.463 e. The van der Waals surface area contributed by atoms with E-state index in [9.17, 15) is 14.0 Å². The number of methoxy groups -OCH3 is 1. The molecule has 0 bridgehead atoms. The van der Waals surface area contributed by atoms with Crippen LogP contribution in [-0.4, -0.2) is 28.8 Å². The molecule has 90 valence electrons. The Balaban J connectivity index is 2.72. The van der Waals surface area contributed by atoms with Gasteiger partial charge in [0.1, 0.15) is 6.07 Å². The molecule has 1 N–H and O–H groups in total. The molecule has 0 saturated heterocycles. The van der Waals surface area contributed by atoms with Gasteiger partial charge in [-0.2, -0.15) is 5.26 Å². The van der Waals surface area contributed by atoms with Crippen molar-refractivity contribution in [2.75, 3.05) is 7.11 Å². The summed E-state index contributed by atoms with van der Waals surface area (Å²) in [5.41, 5.74) is -0.173. The minimum atomic E-state index is -1.11. The second-order valence-electron chi connectivity index (χ2n) is 3.34. The molecule has 0 aliphatic carbocycles. The molecule has 0 atom stereocenters. The highest BCUT2D eigenvalue weighted by molar-refractivity contribution is 6.43. The van der Waals surface area contributed by atoms with Gasteiger partial charge in [-0.05, 0) is 0 Å². The summed E-state index contributed by atoms with van der Waals surface area (Å²) in [4.78, 5) is 28.9. The summed E-state index contributed by atoms with van der Waals surface area (Å²) in [6.07, 6.45) is 1.97. The van der Waals surface area contributed by atoms with Crippen molar-refractivity contribution in [3.8, 4) is 6.07 Å². The molecular weight excluding hydrogens is 241 g/mol. The van der Waals surface area contributed by atoms with Gasteiger partial charge in [-0.1, -0.05) is 0 Å². The number of nitriles is 1. The van der Waals surface area contributed by atoms with E-state index < -0.39 is 17.6 Å². The van der Waals surface area contributed by atoms with Crippen LogP contribution in [0, 0.1) is 17.1 Å². The van der Waals surface area contributed by atoms with Gasteiger partial charge in [0, 0.05) is 6.20 Å². The highest BCUT2D eigenvalue weighted by Crippen LogP contribution is 2.23. The number of H-pyrrole nitrogens is 1. The van der Waals surface area contributed by atoms with Crippen molar-refractivity contribution in [2.24, 2.45) is 0 Å². The third-order valence-corrected chi connectivity index (χ3v) is 2.38. The van der Waals surface area contributed by atoms with Gasteiger partial charge < -0.3 is 9.72 Å². The van der Waals surface area contributed by atoms with Crippen LogP contribution in [0.2, 0.25) is 0 Å². The van der Waals surface area contributed by atoms with E-state index in [0.717, 1.165) is 19.5 Å². The normalized spacial score (nSPS) is 10.1. The summed E-state index contributed by atoms with van der Waals surface area (Å²) < 4.78 is 17.9. The molecule has 7 heteroatoms. The first-order chi connectivity index (χ1) is 8.60. The van der Waals surface area contributed by atoms with Crippen LogP contribution in [0.5, 0.6) is 0 Å². The van der Waals surface area contributed by atoms with Crippen LogP contribution in [0.25, 0.3) is 10.9 Å². The molecule has 2 rings (SSSR count). The van der Waals surface area contributed by atoms with Crippen LogP contribution >= 0.6 is 0 Å². The summed E-state index contributed by atoms with van der Waals surface area (Å²) >= 11 is 0. The van der Waals surface area contributed by atoms with Gasteiger partial charge in [0.2, 0.25) is 0 Å². The fourth-order valence-corrected chi connectivity index (χ4v) is 1.57. The van der Waals surface area contributed by atoms with Crippen LogP contribution in [0.1, 0.15) is 16.1 Å². The summed E-state index contributed by atoms with van der Waals surface area (Å²) in [5, 5.41) is 8.66. The minimum absolute atomic E-state index is 0.0599. The Morgan fingerprint density at radius 1 is 1.56 bits per heavy atom. The number of Topliss-reactive ketones (excluding diaryl/α,β-unsaturated/α-hetero) is 1. The van der Waals surface area contributed by atoms with Crippen molar-refractivity contribution in [1.29, 1.82) is 5.26 Å². The molecule has 18 heavy (non-hydrogen) atoms. The predicted octanol–water partition coefficient (Wildman–Crippen LogP) is 0.929. The Morgan fingerprint density at radius 2 is 2.28 bits per heavy atom. The average molecular weight is 247 g/mol. The average Bonchev–Trinajstić information content (AvgIpc) is 2.83. The third kappa shape index (κ3) is 1.60. The summed E-state index contributed by atoms with van der Waals surface area (Å²) in [6, 6.07) is 1.76. The van der Waals surface area contributed by atoms with Gasteiger partial charge in [0.05, 0.1) is 29.8 Å². The standard InChI is InChI=1S/C11H6FN3O3/c1-18-11(17)10(16)5-3-15-9-7(2-13)14-4-6(12)8(5)9/h3-4,15H,1H3. The van der Waals surface area contributed by atoms with E-state index in [4.69, 9.17) is 5.26 Å². The number of rotatable bonds is 2. The van der Waals surface area contributed by atoms with Crippen LogP contribution in [0.4, 0.5) is 4.39 Å². The first-order valence-corrected chi connectivity index (χ1v) is 4.78. The van der Waals surface area contributed by atoms with E-state index in [1.165, 1.54) is 0 Å². The van der Waals surface area contributed by atoms with Crippen molar-refractivity contribution in [3.05, 3.63) is 29.5 Å².